The molecule has 0 fully saturated rings. The summed E-state index contributed by atoms with van der Waals surface area (Å²) in [5, 5.41) is 0. The first-order valence-corrected chi connectivity index (χ1v) is 5.59. The molecule has 1 aromatic carbocycles. The molecular weight excluding hydrogens is 221 g/mol. The first-order chi connectivity index (χ1) is 7.85. The van der Waals surface area contributed by atoms with E-state index in [4.69, 9.17) is 15.2 Å². The maximum Gasteiger partial charge on any atom is 0.167 e. The van der Waals surface area contributed by atoms with Crippen LogP contribution in [-0.2, 0) is 4.74 Å². The Bertz CT molecular complexity index is 391. The number of nitrogens with two attached hydrogens (primary N) is 1. The fourth-order valence-electron chi connectivity index (χ4n) is 1.29. The summed E-state index contributed by atoms with van der Waals surface area (Å²) in [6.07, 6.45) is 0.687. The second kappa shape index (κ2) is 5.36. The molecule has 0 aromatic heterocycles. The number of aryl methyl sites for hydroxylation is 1. The molecule has 0 aliphatic carbocycles. The van der Waals surface area contributed by atoms with E-state index in [1.807, 2.05) is 20.8 Å². The van der Waals surface area contributed by atoms with E-state index in [9.17, 15) is 4.39 Å². The number of hydrogen-bond acceptors (Lipinski definition) is 3. The Labute approximate surface area is 102 Å². The first-order valence-electron chi connectivity index (χ1n) is 5.59. The van der Waals surface area contributed by atoms with Crippen molar-refractivity contribution in [2.24, 2.45) is 0 Å². The van der Waals surface area contributed by atoms with Gasteiger partial charge in [-0.3, -0.25) is 0 Å². The lowest BCUT2D eigenvalue weighted by Gasteiger charge is -2.22. The minimum Gasteiger partial charge on any atom is -0.490 e. The molecule has 4 heteroatoms. The van der Waals surface area contributed by atoms with Crippen LogP contribution in [0.1, 0.15) is 25.8 Å². The van der Waals surface area contributed by atoms with Crippen LogP contribution in [0.4, 0.5) is 10.1 Å². The van der Waals surface area contributed by atoms with E-state index in [0.29, 0.717) is 18.7 Å². The van der Waals surface area contributed by atoms with Gasteiger partial charge in [-0.25, -0.2) is 4.39 Å². The molecule has 0 aliphatic heterocycles. The average molecular weight is 241 g/mol. The molecule has 0 amide bonds. The van der Waals surface area contributed by atoms with Gasteiger partial charge in [0.25, 0.3) is 0 Å². The third-order valence-corrected chi connectivity index (χ3v) is 2.83. The second-order valence-electron chi connectivity index (χ2n) is 4.70. The molecule has 0 saturated heterocycles. The highest BCUT2D eigenvalue weighted by Gasteiger charge is 2.16. The molecule has 0 unspecified atom stereocenters. The van der Waals surface area contributed by atoms with E-state index in [1.54, 1.807) is 13.2 Å². The molecule has 0 radical (unpaired) electrons. The smallest absolute Gasteiger partial charge is 0.167 e. The van der Waals surface area contributed by atoms with Crippen LogP contribution < -0.4 is 10.5 Å². The Kier molecular flexibility index (Phi) is 4.34. The highest BCUT2D eigenvalue weighted by atomic mass is 19.1. The van der Waals surface area contributed by atoms with Gasteiger partial charge in [-0.1, -0.05) is 0 Å². The summed E-state index contributed by atoms with van der Waals surface area (Å²) in [4.78, 5) is 0. The van der Waals surface area contributed by atoms with Gasteiger partial charge >= 0.3 is 0 Å². The minimum absolute atomic E-state index is 0.239. The van der Waals surface area contributed by atoms with Gasteiger partial charge < -0.3 is 15.2 Å². The van der Waals surface area contributed by atoms with Crippen LogP contribution in [0.3, 0.4) is 0 Å². The van der Waals surface area contributed by atoms with Gasteiger partial charge in [0.2, 0.25) is 0 Å². The van der Waals surface area contributed by atoms with E-state index < -0.39 is 5.82 Å². The topological polar surface area (TPSA) is 44.5 Å². The zero-order chi connectivity index (χ0) is 13.1. The summed E-state index contributed by atoms with van der Waals surface area (Å²) < 4.78 is 24.2. The van der Waals surface area contributed by atoms with Crippen LogP contribution in [0.2, 0.25) is 0 Å². The standard InChI is InChI=1S/C13H20FNO2/c1-9-7-12(10(14)8-11(9)15)17-6-5-13(2,3)16-4/h7-8H,5-6,15H2,1-4H3. The fraction of sp³-hybridized carbons (Fsp3) is 0.538. The van der Waals surface area contributed by atoms with Gasteiger partial charge in [0.1, 0.15) is 0 Å². The van der Waals surface area contributed by atoms with E-state index >= 15 is 0 Å². The summed E-state index contributed by atoms with van der Waals surface area (Å²) in [6.45, 7) is 6.14. The highest BCUT2D eigenvalue weighted by molar-refractivity contribution is 5.50. The van der Waals surface area contributed by atoms with Crippen LogP contribution in [0.15, 0.2) is 12.1 Å². The van der Waals surface area contributed by atoms with E-state index in [1.165, 1.54) is 6.07 Å². The van der Waals surface area contributed by atoms with Crippen molar-refractivity contribution in [3.05, 3.63) is 23.5 Å². The third-order valence-electron chi connectivity index (χ3n) is 2.83. The molecular formula is C13H20FNO2. The van der Waals surface area contributed by atoms with Gasteiger partial charge in [-0.15, -0.1) is 0 Å². The van der Waals surface area contributed by atoms with Crippen molar-refractivity contribution in [3.63, 3.8) is 0 Å². The summed E-state index contributed by atoms with van der Waals surface area (Å²) >= 11 is 0. The summed E-state index contributed by atoms with van der Waals surface area (Å²) in [5.41, 5.74) is 6.58. The maximum atomic E-state index is 13.5. The Morgan fingerprint density at radius 1 is 1.35 bits per heavy atom. The monoisotopic (exact) mass is 241 g/mol. The number of anilines is 1. The SMILES string of the molecule is COC(C)(C)CCOc1cc(C)c(N)cc1F. The second-order valence-corrected chi connectivity index (χ2v) is 4.70. The van der Waals surface area contributed by atoms with Crippen molar-refractivity contribution in [3.8, 4) is 5.75 Å². The molecule has 0 atom stereocenters. The molecule has 1 rings (SSSR count). The van der Waals surface area contributed by atoms with Gasteiger partial charge in [-0.05, 0) is 32.4 Å². The predicted molar refractivity (Wildman–Crippen MR) is 66.7 cm³/mol. The maximum absolute atomic E-state index is 13.5. The van der Waals surface area contributed by atoms with E-state index in [0.717, 1.165) is 5.56 Å². The third kappa shape index (κ3) is 3.89. The molecule has 17 heavy (non-hydrogen) atoms. The highest BCUT2D eigenvalue weighted by Crippen LogP contribution is 2.24. The molecule has 0 bridgehead atoms. The van der Waals surface area contributed by atoms with Crippen molar-refractivity contribution < 1.29 is 13.9 Å². The molecule has 96 valence electrons. The molecule has 0 aliphatic rings. The van der Waals surface area contributed by atoms with Crippen LogP contribution in [-0.4, -0.2) is 19.3 Å². The molecule has 1 aromatic rings. The quantitative estimate of drug-likeness (QED) is 0.806. The van der Waals surface area contributed by atoms with Crippen molar-refractivity contribution in [1.29, 1.82) is 0 Å². The van der Waals surface area contributed by atoms with Gasteiger partial charge in [0.15, 0.2) is 11.6 Å². The van der Waals surface area contributed by atoms with Crippen molar-refractivity contribution >= 4 is 5.69 Å². The number of ether oxygens (including phenoxy) is 2. The summed E-state index contributed by atoms with van der Waals surface area (Å²) in [6, 6.07) is 2.90. The number of hydrogen-bond donors (Lipinski definition) is 1. The lowest BCUT2D eigenvalue weighted by molar-refractivity contribution is 0.00514. The molecule has 3 nitrogen and oxygen atoms in total. The van der Waals surface area contributed by atoms with Crippen molar-refractivity contribution in [2.75, 3.05) is 19.5 Å². The van der Waals surface area contributed by atoms with E-state index in [2.05, 4.69) is 0 Å². The molecule has 2 N–H and O–H groups in total. The number of rotatable bonds is 5. The summed E-state index contributed by atoms with van der Waals surface area (Å²) in [7, 11) is 1.65. The normalized spacial score (nSPS) is 11.6. The largest absolute Gasteiger partial charge is 0.490 e. The van der Waals surface area contributed by atoms with Crippen LogP contribution in [0, 0.1) is 12.7 Å². The Balaban J connectivity index is 2.61. The van der Waals surface area contributed by atoms with Gasteiger partial charge in [-0.2, -0.15) is 0 Å². The minimum atomic E-state index is -0.427. The molecule has 0 saturated carbocycles. The van der Waals surface area contributed by atoms with Crippen molar-refractivity contribution in [2.45, 2.75) is 32.8 Å². The Morgan fingerprint density at radius 2 is 2.00 bits per heavy atom. The Morgan fingerprint density at radius 3 is 2.59 bits per heavy atom. The number of methoxy groups -OCH3 is 1. The van der Waals surface area contributed by atoms with Crippen LogP contribution in [0.25, 0.3) is 0 Å². The summed E-state index contributed by atoms with van der Waals surface area (Å²) in [5.74, 6) is -0.188. The zero-order valence-electron chi connectivity index (χ0n) is 10.8. The van der Waals surface area contributed by atoms with Crippen LogP contribution >= 0.6 is 0 Å². The fourth-order valence-corrected chi connectivity index (χ4v) is 1.29. The number of nitrogen functional groups attached to an aromatic ring is 1. The average Bonchev–Trinajstić information content (AvgIpc) is 2.25. The Hall–Kier alpha value is -1.29. The van der Waals surface area contributed by atoms with E-state index in [-0.39, 0.29) is 11.4 Å². The predicted octanol–water partition coefficient (Wildman–Crippen LogP) is 2.91. The van der Waals surface area contributed by atoms with Crippen LogP contribution in [0.5, 0.6) is 5.75 Å². The first kappa shape index (κ1) is 13.8. The lowest BCUT2D eigenvalue weighted by atomic mass is 10.1. The van der Waals surface area contributed by atoms with Crippen molar-refractivity contribution in [1.82, 2.24) is 0 Å². The van der Waals surface area contributed by atoms with Gasteiger partial charge in [0.05, 0.1) is 12.2 Å². The number of halogens is 1. The zero-order valence-corrected chi connectivity index (χ0v) is 10.8. The number of benzene rings is 1. The molecule has 0 heterocycles. The lowest BCUT2D eigenvalue weighted by Crippen LogP contribution is -2.25. The molecule has 0 spiro atoms. The van der Waals surface area contributed by atoms with Gasteiger partial charge in [0, 0.05) is 25.3 Å².